The Balaban J connectivity index is 2.22. The average Bonchev–Trinajstić information content (AvgIpc) is 2.67. The third-order valence-corrected chi connectivity index (χ3v) is 7.33. The Hall–Kier alpha value is -2.88. The first-order valence-electron chi connectivity index (χ1n) is 8.93. The maximum atomic E-state index is 12.8. The minimum absolute atomic E-state index is 0.0588. The quantitative estimate of drug-likeness (QED) is 0.416. The fourth-order valence-corrected chi connectivity index (χ4v) is 4.67. The van der Waals surface area contributed by atoms with Gasteiger partial charge in [0.2, 0.25) is 11.5 Å². The summed E-state index contributed by atoms with van der Waals surface area (Å²) in [5.74, 6) is -2.65. The van der Waals surface area contributed by atoms with Crippen LogP contribution < -0.4 is 14.8 Å². The molecule has 0 aliphatic carbocycles. The number of hydrogen-bond donors (Lipinski definition) is 4. The van der Waals surface area contributed by atoms with Crippen LogP contribution in [0.25, 0.3) is 0 Å². The normalized spacial score (nSPS) is 14.1. The first kappa shape index (κ1) is 27.4. The summed E-state index contributed by atoms with van der Waals surface area (Å²) in [4.78, 5) is 22.0. The number of alkyl halides is 3. The Morgan fingerprint density at radius 2 is 1.47 bits per heavy atom. The van der Waals surface area contributed by atoms with Crippen LogP contribution in [0.2, 0.25) is 5.02 Å². The van der Waals surface area contributed by atoms with Gasteiger partial charge >= 0.3 is 6.18 Å². The molecule has 34 heavy (non-hydrogen) atoms. The fraction of sp³-hybridized carbons (Fsp3) is 0.222. The molecule has 1 atom stereocenters. The highest BCUT2D eigenvalue weighted by molar-refractivity contribution is 7.92. The van der Waals surface area contributed by atoms with Crippen molar-refractivity contribution in [2.75, 3.05) is 10.0 Å². The minimum atomic E-state index is -5.27. The highest BCUT2D eigenvalue weighted by Crippen LogP contribution is 2.33. The molecule has 0 saturated carbocycles. The van der Waals surface area contributed by atoms with Crippen LogP contribution in [-0.4, -0.2) is 45.5 Å². The van der Waals surface area contributed by atoms with E-state index in [1.165, 1.54) is 0 Å². The summed E-state index contributed by atoms with van der Waals surface area (Å²) in [6.07, 6.45) is -5.27. The van der Waals surface area contributed by atoms with E-state index in [0.29, 0.717) is 0 Å². The van der Waals surface area contributed by atoms with Crippen molar-refractivity contribution >= 4 is 54.8 Å². The van der Waals surface area contributed by atoms with Gasteiger partial charge in [-0.15, -0.1) is 0 Å². The molecule has 2 aromatic rings. The zero-order valence-electron chi connectivity index (χ0n) is 17.3. The van der Waals surface area contributed by atoms with E-state index in [1.807, 2.05) is 0 Å². The molecule has 0 aliphatic heterocycles. The molecule has 0 aromatic heterocycles. The van der Waals surface area contributed by atoms with Gasteiger partial charge in [0.25, 0.3) is 26.0 Å². The molecule has 0 saturated heterocycles. The van der Waals surface area contributed by atoms with Crippen molar-refractivity contribution in [1.29, 1.82) is 0 Å². The molecule has 16 heteroatoms. The molecule has 1 unspecified atom stereocenters. The number of nitrogens with one attached hydrogen (secondary N) is 3. The Morgan fingerprint density at radius 3 is 1.94 bits per heavy atom. The van der Waals surface area contributed by atoms with Crippen LogP contribution in [0.3, 0.4) is 0 Å². The highest BCUT2D eigenvalue weighted by atomic mass is 35.5. The van der Waals surface area contributed by atoms with Crippen LogP contribution in [0.4, 0.5) is 24.5 Å². The van der Waals surface area contributed by atoms with E-state index >= 15 is 0 Å². The molecule has 0 radical (unpaired) electrons. The van der Waals surface area contributed by atoms with Crippen LogP contribution in [0.15, 0.2) is 52.3 Å². The van der Waals surface area contributed by atoms with Crippen molar-refractivity contribution in [3.8, 4) is 0 Å². The maximum absolute atomic E-state index is 12.8. The largest absolute Gasteiger partial charge is 0.426 e. The van der Waals surface area contributed by atoms with Crippen molar-refractivity contribution < 1.29 is 44.7 Å². The van der Waals surface area contributed by atoms with Crippen molar-refractivity contribution in [3.63, 3.8) is 0 Å². The molecular formula is C18H17ClF3N3O7S2. The number of benzene rings is 2. The van der Waals surface area contributed by atoms with Gasteiger partial charge in [-0.1, -0.05) is 11.6 Å². The predicted octanol–water partition coefficient (Wildman–Crippen LogP) is 2.22. The van der Waals surface area contributed by atoms with E-state index in [-0.39, 0.29) is 23.2 Å². The Labute approximate surface area is 197 Å². The Kier molecular flexibility index (Phi) is 7.57. The summed E-state index contributed by atoms with van der Waals surface area (Å²) in [7, 11) is -8.43. The zero-order chi connectivity index (χ0) is 26.1. The van der Waals surface area contributed by atoms with Gasteiger partial charge in [0.15, 0.2) is 0 Å². The van der Waals surface area contributed by atoms with Crippen LogP contribution in [0.5, 0.6) is 0 Å². The third kappa shape index (κ3) is 6.16. The summed E-state index contributed by atoms with van der Waals surface area (Å²) < 4.78 is 91.2. The third-order valence-electron chi connectivity index (χ3n) is 4.19. The number of anilines is 2. The summed E-state index contributed by atoms with van der Waals surface area (Å²) in [5, 5.41) is 10.7. The maximum Gasteiger partial charge on any atom is 0.426 e. The van der Waals surface area contributed by atoms with Crippen LogP contribution in [0.1, 0.15) is 13.8 Å². The standard InChI is InChI=1S/C18H17ClF3N3O7S2/c1-10(26)24-33(29,30)12-5-3-11(4-6-12)25-34(31,32)13-7-8-15(14(19)9-13)23-16(27)17(2,28)18(20,21)22/h3-9,25,28H,1-2H3,(H,23,27)(H,24,26). The lowest BCUT2D eigenvalue weighted by Crippen LogP contribution is -2.52. The Morgan fingerprint density at radius 1 is 0.941 bits per heavy atom. The number of rotatable bonds is 7. The van der Waals surface area contributed by atoms with Gasteiger partial charge in [0.05, 0.1) is 20.5 Å². The predicted molar refractivity (Wildman–Crippen MR) is 115 cm³/mol. The van der Waals surface area contributed by atoms with Crippen molar-refractivity contribution in [1.82, 2.24) is 4.72 Å². The monoisotopic (exact) mass is 543 g/mol. The van der Waals surface area contributed by atoms with E-state index in [2.05, 4.69) is 4.72 Å². The molecular weight excluding hydrogens is 527 g/mol. The summed E-state index contributed by atoms with van der Waals surface area (Å²) >= 11 is 5.89. The average molecular weight is 544 g/mol. The number of carbonyl (C=O) groups excluding carboxylic acids is 2. The van der Waals surface area contributed by atoms with Crippen molar-refractivity contribution in [2.24, 2.45) is 0 Å². The lowest BCUT2D eigenvalue weighted by atomic mass is 10.1. The molecule has 0 aliphatic rings. The summed E-state index contributed by atoms with van der Waals surface area (Å²) in [6, 6.07) is 7.01. The number of amides is 2. The zero-order valence-corrected chi connectivity index (χ0v) is 19.7. The second-order valence-electron chi connectivity index (χ2n) is 6.96. The second kappa shape index (κ2) is 9.40. The molecule has 2 amide bonds. The lowest BCUT2D eigenvalue weighted by Gasteiger charge is -2.25. The Bertz CT molecular complexity index is 1330. The van der Waals surface area contributed by atoms with Gasteiger partial charge in [-0.05, 0) is 49.4 Å². The number of halogens is 4. The van der Waals surface area contributed by atoms with E-state index < -0.39 is 53.6 Å². The fourth-order valence-electron chi connectivity index (χ4n) is 2.30. The number of aliphatic hydroxyl groups is 1. The SMILES string of the molecule is CC(=O)NS(=O)(=O)c1ccc(NS(=O)(=O)c2ccc(NC(=O)C(C)(O)C(F)(F)F)c(Cl)c2)cc1. The number of carbonyl (C=O) groups is 2. The van der Waals surface area contributed by atoms with Gasteiger partial charge in [0.1, 0.15) is 0 Å². The first-order valence-corrected chi connectivity index (χ1v) is 12.3. The van der Waals surface area contributed by atoms with Gasteiger partial charge < -0.3 is 10.4 Å². The highest BCUT2D eigenvalue weighted by Gasteiger charge is 2.55. The smallest absolute Gasteiger partial charge is 0.373 e. The number of hydrogen-bond acceptors (Lipinski definition) is 7. The molecule has 0 fully saturated rings. The summed E-state index contributed by atoms with van der Waals surface area (Å²) in [5.41, 5.74) is -4.17. The molecule has 0 bridgehead atoms. The molecule has 0 spiro atoms. The second-order valence-corrected chi connectivity index (χ2v) is 10.7. The van der Waals surface area contributed by atoms with Crippen LogP contribution >= 0.6 is 11.6 Å². The topological polar surface area (TPSA) is 159 Å². The summed E-state index contributed by atoms with van der Waals surface area (Å²) in [6.45, 7) is 1.24. The molecule has 0 heterocycles. The molecule has 2 aromatic carbocycles. The van der Waals surface area contributed by atoms with Crippen molar-refractivity contribution in [3.05, 3.63) is 47.5 Å². The molecule has 10 nitrogen and oxygen atoms in total. The van der Waals surface area contributed by atoms with Crippen molar-refractivity contribution in [2.45, 2.75) is 35.4 Å². The van der Waals surface area contributed by atoms with E-state index in [9.17, 15) is 44.7 Å². The van der Waals surface area contributed by atoms with Gasteiger partial charge in [-0.2, -0.15) is 13.2 Å². The molecule has 186 valence electrons. The van der Waals surface area contributed by atoms with Crippen LogP contribution in [0, 0.1) is 0 Å². The molecule has 4 N–H and O–H groups in total. The van der Waals surface area contributed by atoms with Gasteiger partial charge in [0, 0.05) is 12.6 Å². The first-order chi connectivity index (χ1) is 15.4. The van der Waals surface area contributed by atoms with E-state index in [0.717, 1.165) is 49.4 Å². The molecule has 2 rings (SSSR count). The van der Waals surface area contributed by atoms with Gasteiger partial charge in [-0.3, -0.25) is 14.3 Å². The minimum Gasteiger partial charge on any atom is -0.373 e. The van der Waals surface area contributed by atoms with E-state index in [4.69, 9.17) is 11.6 Å². The van der Waals surface area contributed by atoms with Crippen LogP contribution in [-0.2, 0) is 29.6 Å². The van der Waals surface area contributed by atoms with Gasteiger partial charge in [-0.25, -0.2) is 21.6 Å². The lowest BCUT2D eigenvalue weighted by molar-refractivity contribution is -0.242. The van der Waals surface area contributed by atoms with E-state index in [1.54, 1.807) is 10.0 Å². The number of sulfonamides is 2.